The largest absolute Gasteiger partial charge is 0.390 e. The molecule has 2 heterocycles. The number of alkyl halides is 1. The fourth-order valence-corrected chi connectivity index (χ4v) is 2.33. The first-order valence-corrected chi connectivity index (χ1v) is 6.96. The lowest BCUT2D eigenvalue weighted by Crippen LogP contribution is -2.30. The summed E-state index contributed by atoms with van der Waals surface area (Å²) in [4.78, 5) is 29.6. The van der Waals surface area contributed by atoms with Crippen molar-refractivity contribution in [1.29, 1.82) is 0 Å². The Labute approximate surface area is 118 Å². The highest BCUT2D eigenvalue weighted by Gasteiger charge is 2.17. The molecule has 2 aromatic heterocycles. The van der Waals surface area contributed by atoms with Gasteiger partial charge in [0, 0.05) is 12.4 Å². The fraction of sp³-hybridized carbons (Fsp3) is 0.444. The highest BCUT2D eigenvalue weighted by molar-refractivity contribution is 9.10. The van der Waals surface area contributed by atoms with Gasteiger partial charge in [-0.1, -0.05) is 15.9 Å². The molecule has 7 nitrogen and oxygen atoms in total. The number of aromatic amines is 1. The molecule has 0 saturated heterocycles. The summed E-state index contributed by atoms with van der Waals surface area (Å²) < 4.78 is 3.17. The van der Waals surface area contributed by atoms with Gasteiger partial charge in [0.1, 0.15) is 0 Å². The number of hydrogen-bond donors (Lipinski definition) is 2. The molecule has 0 amide bonds. The number of aromatic nitrogens is 4. The van der Waals surface area contributed by atoms with Crippen LogP contribution in [0.4, 0.5) is 0 Å². The number of hydrogen-bond acceptors (Lipinski definition) is 4. The molecule has 0 aromatic carbocycles. The molecule has 2 aromatic rings. The number of nitrogens with one attached hydrogen (secondary N) is 1. The zero-order valence-corrected chi connectivity index (χ0v) is 12.5. The Morgan fingerprint density at radius 2 is 2.17 bits per heavy atom. The van der Waals surface area contributed by atoms with E-state index in [2.05, 4.69) is 41.8 Å². The molecule has 0 aliphatic heterocycles. The van der Waals surface area contributed by atoms with Crippen LogP contribution in [-0.2, 0) is 13.6 Å². The van der Waals surface area contributed by atoms with Crippen molar-refractivity contribution in [3.05, 3.63) is 25.6 Å². The molecule has 1 atom stereocenters. The van der Waals surface area contributed by atoms with Crippen molar-refractivity contribution in [3.63, 3.8) is 0 Å². The predicted octanol–water partition coefficient (Wildman–Crippen LogP) is -0.0584. The zero-order valence-electron chi connectivity index (χ0n) is 9.35. The van der Waals surface area contributed by atoms with E-state index in [1.54, 1.807) is 0 Å². The maximum absolute atomic E-state index is 11.8. The highest BCUT2D eigenvalue weighted by Crippen LogP contribution is 2.16. The van der Waals surface area contributed by atoms with E-state index in [9.17, 15) is 14.7 Å². The molecule has 0 aliphatic carbocycles. The SMILES string of the molecule is Cn1c(=O)[nH]c(=O)c2c1nc(Br)n2C[C@H](O)CBr. The van der Waals surface area contributed by atoms with Gasteiger partial charge in [0.15, 0.2) is 15.9 Å². The maximum Gasteiger partial charge on any atom is 0.329 e. The quantitative estimate of drug-likeness (QED) is 0.575. The summed E-state index contributed by atoms with van der Waals surface area (Å²) in [7, 11) is 1.52. The highest BCUT2D eigenvalue weighted by atomic mass is 79.9. The number of aliphatic hydroxyl groups excluding tert-OH is 1. The van der Waals surface area contributed by atoms with Gasteiger partial charge in [0.25, 0.3) is 5.56 Å². The molecule has 0 unspecified atom stereocenters. The van der Waals surface area contributed by atoms with Gasteiger partial charge in [-0.3, -0.25) is 14.3 Å². The molecular weight excluding hydrogens is 372 g/mol. The number of aliphatic hydroxyl groups is 1. The van der Waals surface area contributed by atoms with Crippen LogP contribution in [0.15, 0.2) is 14.3 Å². The minimum Gasteiger partial charge on any atom is -0.390 e. The lowest BCUT2D eigenvalue weighted by atomic mass is 10.4. The van der Waals surface area contributed by atoms with Crippen molar-refractivity contribution < 1.29 is 5.11 Å². The first kappa shape index (κ1) is 13.5. The number of halogens is 2. The molecule has 2 rings (SSSR count). The van der Waals surface area contributed by atoms with E-state index in [0.717, 1.165) is 0 Å². The first-order valence-electron chi connectivity index (χ1n) is 5.04. The van der Waals surface area contributed by atoms with Crippen LogP contribution in [0.2, 0.25) is 0 Å². The van der Waals surface area contributed by atoms with E-state index in [0.29, 0.717) is 10.1 Å². The monoisotopic (exact) mass is 380 g/mol. The summed E-state index contributed by atoms with van der Waals surface area (Å²) in [5, 5.41) is 10.0. The van der Waals surface area contributed by atoms with Crippen molar-refractivity contribution in [3.8, 4) is 0 Å². The molecule has 18 heavy (non-hydrogen) atoms. The fourth-order valence-electron chi connectivity index (χ4n) is 1.63. The Morgan fingerprint density at radius 1 is 1.50 bits per heavy atom. The van der Waals surface area contributed by atoms with Crippen molar-refractivity contribution in [1.82, 2.24) is 19.1 Å². The lowest BCUT2D eigenvalue weighted by Gasteiger charge is -2.09. The predicted molar refractivity (Wildman–Crippen MR) is 73.1 cm³/mol. The summed E-state index contributed by atoms with van der Waals surface area (Å²) in [5.41, 5.74) is -0.514. The molecule has 0 bridgehead atoms. The summed E-state index contributed by atoms with van der Waals surface area (Å²) >= 11 is 6.37. The summed E-state index contributed by atoms with van der Waals surface area (Å²) in [6.07, 6.45) is -0.657. The van der Waals surface area contributed by atoms with Gasteiger partial charge in [-0.2, -0.15) is 0 Å². The number of imidazole rings is 1. The smallest absolute Gasteiger partial charge is 0.329 e. The van der Waals surface area contributed by atoms with Crippen LogP contribution in [0.5, 0.6) is 0 Å². The molecule has 2 N–H and O–H groups in total. The van der Waals surface area contributed by atoms with Gasteiger partial charge in [-0.15, -0.1) is 0 Å². The topological polar surface area (TPSA) is 92.9 Å². The number of H-pyrrole nitrogens is 1. The third kappa shape index (κ3) is 2.17. The molecule has 0 saturated carbocycles. The van der Waals surface area contributed by atoms with Gasteiger partial charge in [-0.25, -0.2) is 9.78 Å². The van der Waals surface area contributed by atoms with Crippen molar-refractivity contribution in [2.45, 2.75) is 12.6 Å². The van der Waals surface area contributed by atoms with Gasteiger partial charge in [-0.05, 0) is 15.9 Å². The van der Waals surface area contributed by atoms with Gasteiger partial charge in [0.05, 0.1) is 12.6 Å². The minimum absolute atomic E-state index is 0.198. The molecule has 0 spiro atoms. The van der Waals surface area contributed by atoms with Crippen molar-refractivity contribution in [2.75, 3.05) is 5.33 Å². The average molecular weight is 382 g/mol. The van der Waals surface area contributed by atoms with Crippen LogP contribution in [0.1, 0.15) is 0 Å². The number of aryl methyl sites for hydroxylation is 1. The zero-order chi connectivity index (χ0) is 13.4. The Morgan fingerprint density at radius 3 is 2.78 bits per heavy atom. The molecule has 0 fully saturated rings. The Balaban J connectivity index is 2.75. The second kappa shape index (κ2) is 4.98. The normalized spacial score (nSPS) is 13.1. The Kier molecular flexibility index (Phi) is 3.74. The van der Waals surface area contributed by atoms with Gasteiger partial charge >= 0.3 is 5.69 Å². The molecular formula is C9H10Br2N4O3. The standard InChI is InChI=1S/C9H10Br2N4O3/c1-14-6-5(7(17)13-9(14)18)15(8(11)12-6)3-4(16)2-10/h4,16H,2-3H2,1H3,(H,13,17,18)/t4-/m1/s1. The van der Waals surface area contributed by atoms with E-state index in [1.807, 2.05) is 0 Å². The maximum atomic E-state index is 11.8. The Hall–Kier alpha value is -0.930. The molecule has 0 aliphatic rings. The van der Waals surface area contributed by atoms with Crippen LogP contribution in [0, 0.1) is 0 Å². The second-order valence-electron chi connectivity index (χ2n) is 3.79. The third-order valence-electron chi connectivity index (χ3n) is 2.53. The van der Waals surface area contributed by atoms with E-state index in [-0.39, 0.29) is 17.7 Å². The average Bonchev–Trinajstić information content (AvgIpc) is 2.64. The van der Waals surface area contributed by atoms with Crippen LogP contribution in [-0.4, -0.2) is 35.6 Å². The first-order chi connectivity index (χ1) is 8.45. The molecule has 9 heteroatoms. The van der Waals surface area contributed by atoms with Crippen molar-refractivity contribution in [2.24, 2.45) is 7.05 Å². The van der Waals surface area contributed by atoms with Gasteiger partial charge < -0.3 is 9.67 Å². The van der Waals surface area contributed by atoms with Crippen LogP contribution in [0.3, 0.4) is 0 Å². The molecule has 98 valence electrons. The number of nitrogens with zero attached hydrogens (tertiary/aromatic N) is 3. The van der Waals surface area contributed by atoms with E-state index in [4.69, 9.17) is 0 Å². The number of rotatable bonds is 3. The summed E-state index contributed by atoms with van der Waals surface area (Å²) in [6.45, 7) is 0.198. The lowest BCUT2D eigenvalue weighted by molar-refractivity contribution is 0.180. The summed E-state index contributed by atoms with van der Waals surface area (Å²) in [5.74, 6) is 0. The molecule has 0 radical (unpaired) electrons. The van der Waals surface area contributed by atoms with Crippen LogP contribution >= 0.6 is 31.9 Å². The van der Waals surface area contributed by atoms with E-state index >= 15 is 0 Å². The third-order valence-corrected chi connectivity index (χ3v) is 3.88. The van der Waals surface area contributed by atoms with E-state index < -0.39 is 17.4 Å². The van der Waals surface area contributed by atoms with Crippen LogP contribution in [0.25, 0.3) is 11.2 Å². The Bertz CT molecular complexity index is 702. The summed E-state index contributed by atoms with van der Waals surface area (Å²) in [6, 6.07) is 0. The van der Waals surface area contributed by atoms with Crippen molar-refractivity contribution >= 4 is 43.0 Å². The van der Waals surface area contributed by atoms with Crippen LogP contribution < -0.4 is 11.2 Å². The van der Waals surface area contributed by atoms with E-state index in [1.165, 1.54) is 16.2 Å². The van der Waals surface area contributed by atoms with Gasteiger partial charge in [0.2, 0.25) is 0 Å². The minimum atomic E-state index is -0.657. The number of fused-ring (bicyclic) bond motifs is 1. The second-order valence-corrected chi connectivity index (χ2v) is 5.15.